The van der Waals surface area contributed by atoms with Gasteiger partial charge in [-0.25, -0.2) is 9.78 Å². The predicted molar refractivity (Wildman–Crippen MR) is 73.4 cm³/mol. The van der Waals surface area contributed by atoms with Gasteiger partial charge in [0.1, 0.15) is 5.03 Å². The Labute approximate surface area is 122 Å². The Morgan fingerprint density at radius 3 is 2.75 bits per heavy atom. The summed E-state index contributed by atoms with van der Waals surface area (Å²) in [7, 11) is 0. The second-order valence-corrected chi connectivity index (χ2v) is 5.10. The normalized spacial score (nSPS) is 10.2. The van der Waals surface area contributed by atoms with Gasteiger partial charge >= 0.3 is 5.97 Å². The number of carbonyl (C=O) groups is 1. The highest BCUT2D eigenvalue weighted by atomic mass is 35.5. The fourth-order valence-corrected chi connectivity index (χ4v) is 2.53. The van der Waals surface area contributed by atoms with E-state index in [1.165, 1.54) is 18.3 Å². The Morgan fingerprint density at radius 1 is 1.40 bits per heavy atom. The average Bonchev–Trinajstić information content (AvgIpc) is 2.41. The van der Waals surface area contributed by atoms with Gasteiger partial charge in [-0.2, -0.15) is 0 Å². The molecule has 0 amide bonds. The van der Waals surface area contributed by atoms with Crippen LogP contribution in [-0.4, -0.2) is 21.0 Å². The molecule has 2 aromatic rings. The molecule has 8 heteroatoms. The molecule has 102 valence electrons. The molecule has 1 aromatic carbocycles. The molecule has 1 heterocycles. The molecule has 0 aliphatic rings. The van der Waals surface area contributed by atoms with Crippen LogP contribution in [-0.2, 0) is 0 Å². The fraction of sp³-hybridized carbons (Fsp3) is 0. The van der Waals surface area contributed by atoms with Crippen LogP contribution in [0.2, 0.25) is 5.02 Å². The molecule has 2 rings (SSSR count). The van der Waals surface area contributed by atoms with E-state index in [9.17, 15) is 14.9 Å². The van der Waals surface area contributed by atoms with Crippen LogP contribution in [0.15, 0.2) is 46.5 Å². The van der Waals surface area contributed by atoms with Crippen molar-refractivity contribution in [1.29, 1.82) is 0 Å². The third kappa shape index (κ3) is 3.06. The summed E-state index contributed by atoms with van der Waals surface area (Å²) in [5, 5.41) is 20.2. The van der Waals surface area contributed by atoms with E-state index >= 15 is 0 Å². The van der Waals surface area contributed by atoms with Gasteiger partial charge in [0.25, 0.3) is 5.69 Å². The number of rotatable bonds is 4. The highest BCUT2D eigenvalue weighted by molar-refractivity contribution is 7.99. The second-order valence-electron chi connectivity index (χ2n) is 3.63. The van der Waals surface area contributed by atoms with Gasteiger partial charge in [0.2, 0.25) is 0 Å². The number of nitro benzene ring substituents is 1. The third-order valence-corrected chi connectivity index (χ3v) is 3.64. The second kappa shape index (κ2) is 5.89. The standard InChI is InChI=1S/C12H7ClN2O4S/c13-8-6-14-11(5-7(8)12(16)17)20-10-4-2-1-3-9(10)15(18)19/h1-6H,(H,16,17). The van der Waals surface area contributed by atoms with Crippen LogP contribution in [0.3, 0.4) is 0 Å². The highest BCUT2D eigenvalue weighted by Crippen LogP contribution is 2.34. The summed E-state index contributed by atoms with van der Waals surface area (Å²) in [4.78, 5) is 25.7. The van der Waals surface area contributed by atoms with Gasteiger partial charge in [-0.05, 0) is 12.1 Å². The highest BCUT2D eigenvalue weighted by Gasteiger charge is 2.16. The smallest absolute Gasteiger partial charge is 0.337 e. The van der Waals surface area contributed by atoms with Crippen LogP contribution >= 0.6 is 23.4 Å². The maximum atomic E-state index is 11.0. The van der Waals surface area contributed by atoms with Crippen molar-refractivity contribution in [2.75, 3.05) is 0 Å². The maximum Gasteiger partial charge on any atom is 0.337 e. The van der Waals surface area contributed by atoms with Gasteiger partial charge < -0.3 is 5.11 Å². The van der Waals surface area contributed by atoms with E-state index in [2.05, 4.69) is 4.98 Å². The van der Waals surface area contributed by atoms with Crippen molar-refractivity contribution in [3.8, 4) is 0 Å². The van der Waals surface area contributed by atoms with Gasteiger partial charge in [-0.15, -0.1) is 0 Å². The van der Waals surface area contributed by atoms with E-state index in [0.29, 0.717) is 9.92 Å². The molecule has 0 saturated carbocycles. The molecule has 0 bridgehead atoms. The Morgan fingerprint density at radius 2 is 2.10 bits per heavy atom. The summed E-state index contributed by atoms with van der Waals surface area (Å²) < 4.78 is 0. The monoisotopic (exact) mass is 310 g/mol. The van der Waals surface area contributed by atoms with Crippen LogP contribution in [0, 0.1) is 10.1 Å². The quantitative estimate of drug-likeness (QED) is 0.686. The first-order chi connectivity index (χ1) is 9.49. The molecule has 0 aliphatic carbocycles. The summed E-state index contributed by atoms with van der Waals surface area (Å²) in [5.41, 5.74) is -0.158. The number of carboxylic acids is 1. The Balaban J connectivity index is 2.38. The van der Waals surface area contributed by atoms with Crippen LogP contribution in [0.4, 0.5) is 5.69 Å². The van der Waals surface area contributed by atoms with Crippen molar-refractivity contribution >= 4 is 35.0 Å². The van der Waals surface area contributed by atoms with Gasteiger partial charge in [0, 0.05) is 12.3 Å². The number of pyridine rings is 1. The molecule has 1 aromatic heterocycles. The van der Waals surface area contributed by atoms with Crippen LogP contribution in [0.1, 0.15) is 10.4 Å². The van der Waals surface area contributed by atoms with Crippen molar-refractivity contribution in [3.05, 3.63) is 57.2 Å². The molecule has 0 radical (unpaired) electrons. The van der Waals surface area contributed by atoms with E-state index in [4.69, 9.17) is 16.7 Å². The predicted octanol–water partition coefficient (Wildman–Crippen LogP) is 3.49. The van der Waals surface area contributed by atoms with E-state index in [1.807, 2.05) is 0 Å². The molecular weight excluding hydrogens is 304 g/mol. The zero-order chi connectivity index (χ0) is 14.7. The molecule has 0 aliphatic heterocycles. The number of carboxylic acid groups (broad SMARTS) is 1. The van der Waals surface area contributed by atoms with E-state index < -0.39 is 10.9 Å². The Kier molecular flexibility index (Phi) is 4.21. The Hall–Kier alpha value is -2.12. The molecule has 0 atom stereocenters. The molecular formula is C12H7ClN2O4S. The molecule has 0 unspecified atom stereocenters. The van der Waals surface area contributed by atoms with Crippen LogP contribution < -0.4 is 0 Å². The minimum absolute atomic E-state index is 0.0180. The Bertz CT molecular complexity index is 693. The number of aromatic nitrogens is 1. The largest absolute Gasteiger partial charge is 0.478 e. The van der Waals surface area contributed by atoms with Crippen molar-refractivity contribution in [2.24, 2.45) is 0 Å². The van der Waals surface area contributed by atoms with Crippen molar-refractivity contribution in [2.45, 2.75) is 9.92 Å². The molecule has 0 spiro atoms. The molecule has 6 nitrogen and oxygen atoms in total. The number of benzene rings is 1. The zero-order valence-electron chi connectivity index (χ0n) is 9.82. The van der Waals surface area contributed by atoms with E-state index in [0.717, 1.165) is 11.8 Å². The number of nitrogens with zero attached hydrogens (tertiary/aromatic N) is 2. The SMILES string of the molecule is O=C(O)c1cc(Sc2ccccc2[N+](=O)[O-])ncc1Cl. The summed E-state index contributed by atoms with van der Waals surface area (Å²) in [5.74, 6) is -1.18. The molecule has 1 N–H and O–H groups in total. The number of hydrogen-bond acceptors (Lipinski definition) is 5. The number of aromatic carboxylic acids is 1. The minimum Gasteiger partial charge on any atom is -0.478 e. The maximum absolute atomic E-state index is 11.0. The van der Waals surface area contributed by atoms with E-state index in [-0.39, 0.29) is 16.3 Å². The average molecular weight is 311 g/mol. The van der Waals surface area contributed by atoms with Crippen molar-refractivity contribution in [3.63, 3.8) is 0 Å². The van der Waals surface area contributed by atoms with E-state index in [1.54, 1.807) is 18.2 Å². The summed E-state index contributed by atoms with van der Waals surface area (Å²) in [6.45, 7) is 0. The number of hydrogen-bond donors (Lipinski definition) is 1. The first-order valence-electron chi connectivity index (χ1n) is 5.29. The lowest BCUT2D eigenvalue weighted by Gasteiger charge is -2.04. The van der Waals surface area contributed by atoms with Gasteiger partial charge in [-0.1, -0.05) is 35.5 Å². The molecule has 0 saturated heterocycles. The minimum atomic E-state index is -1.18. The first-order valence-corrected chi connectivity index (χ1v) is 6.48. The van der Waals surface area contributed by atoms with Crippen molar-refractivity contribution < 1.29 is 14.8 Å². The van der Waals surface area contributed by atoms with Gasteiger partial charge in [-0.3, -0.25) is 10.1 Å². The topological polar surface area (TPSA) is 93.3 Å². The third-order valence-electron chi connectivity index (χ3n) is 2.34. The molecule has 0 fully saturated rings. The lowest BCUT2D eigenvalue weighted by Crippen LogP contribution is -1.99. The van der Waals surface area contributed by atoms with Crippen molar-refractivity contribution in [1.82, 2.24) is 4.98 Å². The fourth-order valence-electron chi connectivity index (χ4n) is 1.45. The van der Waals surface area contributed by atoms with Crippen LogP contribution in [0.5, 0.6) is 0 Å². The van der Waals surface area contributed by atoms with Gasteiger partial charge in [0.05, 0.1) is 20.4 Å². The summed E-state index contributed by atoms with van der Waals surface area (Å²) in [6.07, 6.45) is 1.21. The first kappa shape index (κ1) is 14.3. The number of nitro groups is 1. The number of para-hydroxylation sites is 1. The van der Waals surface area contributed by atoms with Gasteiger partial charge in [0.15, 0.2) is 0 Å². The number of halogens is 1. The zero-order valence-corrected chi connectivity index (χ0v) is 11.4. The lowest BCUT2D eigenvalue weighted by atomic mass is 10.3. The summed E-state index contributed by atoms with van der Waals surface area (Å²) >= 11 is 6.72. The van der Waals surface area contributed by atoms with Crippen LogP contribution in [0.25, 0.3) is 0 Å². The summed E-state index contributed by atoms with van der Waals surface area (Å²) in [6, 6.07) is 7.44. The molecule has 20 heavy (non-hydrogen) atoms. The lowest BCUT2D eigenvalue weighted by molar-refractivity contribution is -0.387.